The summed E-state index contributed by atoms with van der Waals surface area (Å²) in [6.07, 6.45) is 0. The van der Waals surface area contributed by atoms with Crippen LogP contribution in [0.3, 0.4) is 0 Å². The van der Waals surface area contributed by atoms with Gasteiger partial charge in [0.05, 0.1) is 5.69 Å². The van der Waals surface area contributed by atoms with Crippen molar-refractivity contribution in [2.75, 3.05) is 5.73 Å². The van der Waals surface area contributed by atoms with Gasteiger partial charge in [0.2, 0.25) is 5.43 Å². The van der Waals surface area contributed by atoms with Crippen LogP contribution in [0.1, 0.15) is 10.4 Å². The van der Waals surface area contributed by atoms with Gasteiger partial charge in [-0.15, -0.1) is 0 Å². The first-order valence-electron chi connectivity index (χ1n) is 3.25. The summed E-state index contributed by atoms with van der Waals surface area (Å²) < 4.78 is 0. The van der Waals surface area contributed by atoms with Crippen molar-refractivity contribution < 1.29 is 9.90 Å². The molecule has 62 valence electrons. The van der Waals surface area contributed by atoms with E-state index in [0.29, 0.717) is 0 Å². The van der Waals surface area contributed by atoms with Crippen LogP contribution < -0.4 is 11.2 Å². The molecule has 0 radical (unpaired) electrons. The van der Waals surface area contributed by atoms with Crippen molar-refractivity contribution >= 4 is 11.7 Å². The largest absolute Gasteiger partial charge is 0.478 e. The molecule has 0 unspecified atom stereocenters. The van der Waals surface area contributed by atoms with Gasteiger partial charge in [-0.1, -0.05) is 12.1 Å². The number of hydrogen-bond donors (Lipinski definition) is 2. The van der Waals surface area contributed by atoms with E-state index < -0.39 is 11.4 Å². The van der Waals surface area contributed by atoms with E-state index >= 15 is 0 Å². The third-order valence-electron chi connectivity index (χ3n) is 1.39. The van der Waals surface area contributed by atoms with Gasteiger partial charge in [0.25, 0.3) is 0 Å². The van der Waals surface area contributed by atoms with Crippen LogP contribution in [0.5, 0.6) is 0 Å². The van der Waals surface area contributed by atoms with Crippen molar-refractivity contribution in [3.63, 3.8) is 0 Å². The van der Waals surface area contributed by atoms with Crippen LogP contribution in [-0.2, 0) is 0 Å². The molecule has 1 aromatic carbocycles. The summed E-state index contributed by atoms with van der Waals surface area (Å²) in [5.41, 5.74) is 4.25. The average molecular weight is 165 g/mol. The molecule has 0 aliphatic rings. The second kappa shape index (κ2) is 3.04. The van der Waals surface area contributed by atoms with Gasteiger partial charge < -0.3 is 10.8 Å². The molecule has 0 spiro atoms. The van der Waals surface area contributed by atoms with Gasteiger partial charge in [-0.25, -0.2) is 4.79 Å². The predicted octanol–water partition coefficient (Wildman–Crippen LogP) is 0.327. The van der Waals surface area contributed by atoms with Crippen LogP contribution in [0.2, 0.25) is 0 Å². The number of anilines is 1. The minimum atomic E-state index is -1.26. The van der Waals surface area contributed by atoms with Crippen molar-refractivity contribution in [2.24, 2.45) is 0 Å². The van der Waals surface area contributed by atoms with Gasteiger partial charge in [0, 0.05) is 0 Å². The van der Waals surface area contributed by atoms with E-state index in [9.17, 15) is 9.59 Å². The van der Waals surface area contributed by atoms with E-state index in [1.807, 2.05) is 0 Å². The van der Waals surface area contributed by atoms with Crippen molar-refractivity contribution in [1.82, 2.24) is 0 Å². The Hall–Kier alpha value is -1.84. The minimum absolute atomic E-state index is 0.0580. The lowest BCUT2D eigenvalue weighted by atomic mass is 10.2. The Kier molecular flexibility index (Phi) is 2.09. The fourth-order valence-corrected chi connectivity index (χ4v) is 0.786. The highest BCUT2D eigenvalue weighted by molar-refractivity contribution is 5.88. The summed E-state index contributed by atoms with van der Waals surface area (Å²) in [7, 11) is 0. The Balaban J connectivity index is 3.53. The molecule has 0 fully saturated rings. The number of carbonyl (C=O) groups is 1. The highest BCUT2D eigenvalue weighted by Gasteiger charge is 2.06. The third kappa shape index (κ3) is 1.42. The van der Waals surface area contributed by atoms with Crippen LogP contribution in [0.4, 0.5) is 5.69 Å². The Morgan fingerprint density at radius 2 is 1.92 bits per heavy atom. The molecule has 0 bridgehead atoms. The molecule has 4 heteroatoms. The predicted molar refractivity (Wildman–Crippen MR) is 44.1 cm³/mol. The lowest BCUT2D eigenvalue weighted by molar-refractivity contribution is 0.0695. The molecule has 3 N–H and O–H groups in total. The zero-order valence-corrected chi connectivity index (χ0v) is 6.15. The number of carboxylic acids is 1. The van der Waals surface area contributed by atoms with E-state index in [1.54, 1.807) is 0 Å². The molecule has 0 saturated carbocycles. The number of carboxylic acid groups (broad SMARTS) is 1. The van der Waals surface area contributed by atoms with Gasteiger partial charge in [0.1, 0.15) is 5.56 Å². The maximum absolute atomic E-state index is 11.1. The maximum atomic E-state index is 11.1. The molecule has 0 amide bonds. The third-order valence-corrected chi connectivity index (χ3v) is 1.39. The first-order chi connectivity index (χ1) is 5.63. The summed E-state index contributed by atoms with van der Waals surface area (Å²) in [6, 6.07) is 5.57. The summed E-state index contributed by atoms with van der Waals surface area (Å²) in [6.45, 7) is 0. The summed E-state index contributed by atoms with van der Waals surface area (Å²) in [5, 5.41) is 8.55. The molecule has 4 nitrogen and oxygen atoms in total. The van der Waals surface area contributed by atoms with Crippen LogP contribution in [0, 0.1) is 0 Å². The van der Waals surface area contributed by atoms with Crippen LogP contribution in [0.25, 0.3) is 0 Å². The molecule has 0 heterocycles. The van der Waals surface area contributed by atoms with E-state index in [4.69, 9.17) is 10.8 Å². The van der Waals surface area contributed by atoms with Gasteiger partial charge >= 0.3 is 5.97 Å². The lowest BCUT2D eigenvalue weighted by Gasteiger charge is -1.86. The second-order valence-corrected chi connectivity index (χ2v) is 2.22. The molecule has 0 atom stereocenters. The zero-order valence-electron chi connectivity index (χ0n) is 6.15. The number of hydrogen-bond acceptors (Lipinski definition) is 3. The van der Waals surface area contributed by atoms with Crippen molar-refractivity contribution in [2.45, 2.75) is 0 Å². The molecule has 1 rings (SSSR count). The number of nitrogen functional groups attached to an aromatic ring is 1. The smallest absolute Gasteiger partial charge is 0.339 e. The first-order valence-corrected chi connectivity index (χ1v) is 3.25. The standard InChI is InChI=1S/C8H7NO3/c9-6-4-2-1-3-5(7(6)10)8(11)12/h1-4H,(H2,9,10)(H,11,12). The van der Waals surface area contributed by atoms with Crippen LogP contribution >= 0.6 is 0 Å². The molecular weight excluding hydrogens is 158 g/mol. The van der Waals surface area contributed by atoms with Gasteiger partial charge in [0.15, 0.2) is 0 Å². The summed E-state index contributed by atoms with van der Waals surface area (Å²) in [5.74, 6) is -1.26. The van der Waals surface area contributed by atoms with Gasteiger partial charge in [-0.05, 0) is 12.1 Å². The normalized spacial score (nSPS) is 9.33. The highest BCUT2D eigenvalue weighted by Crippen LogP contribution is 1.95. The van der Waals surface area contributed by atoms with Crippen LogP contribution in [-0.4, -0.2) is 11.1 Å². The van der Waals surface area contributed by atoms with Crippen LogP contribution in [0.15, 0.2) is 29.1 Å². The first kappa shape index (κ1) is 8.26. The number of rotatable bonds is 1. The molecule has 0 aliphatic carbocycles. The number of nitrogens with two attached hydrogens (primary N) is 1. The second-order valence-electron chi connectivity index (χ2n) is 2.22. The van der Waals surface area contributed by atoms with Crippen molar-refractivity contribution in [3.05, 3.63) is 40.1 Å². The fourth-order valence-electron chi connectivity index (χ4n) is 0.786. The van der Waals surface area contributed by atoms with Crippen molar-refractivity contribution in [3.8, 4) is 0 Å². The van der Waals surface area contributed by atoms with E-state index in [1.165, 1.54) is 24.3 Å². The van der Waals surface area contributed by atoms with E-state index in [2.05, 4.69) is 0 Å². The SMILES string of the molecule is Nc1ccccc(C(=O)O)c1=O. The van der Waals surface area contributed by atoms with E-state index in [0.717, 1.165) is 0 Å². The lowest BCUT2D eigenvalue weighted by Crippen LogP contribution is -2.14. The quantitative estimate of drug-likeness (QED) is 0.628. The fraction of sp³-hybridized carbons (Fsp3) is 0. The molecule has 0 aromatic heterocycles. The Labute approximate surface area is 68.3 Å². The Morgan fingerprint density at radius 3 is 2.50 bits per heavy atom. The number of aromatic carboxylic acids is 1. The zero-order chi connectivity index (χ0) is 9.14. The van der Waals surface area contributed by atoms with Crippen molar-refractivity contribution in [1.29, 1.82) is 0 Å². The van der Waals surface area contributed by atoms with Gasteiger partial charge in [-0.3, -0.25) is 4.79 Å². The minimum Gasteiger partial charge on any atom is -0.478 e. The highest BCUT2D eigenvalue weighted by atomic mass is 16.4. The Bertz CT molecular complexity index is 373. The molecular formula is C8H7NO3. The topological polar surface area (TPSA) is 80.4 Å². The molecule has 12 heavy (non-hydrogen) atoms. The molecule has 0 saturated heterocycles. The molecule has 1 aromatic rings. The monoisotopic (exact) mass is 165 g/mol. The average Bonchev–Trinajstić information content (AvgIpc) is 2.15. The van der Waals surface area contributed by atoms with E-state index in [-0.39, 0.29) is 11.3 Å². The maximum Gasteiger partial charge on any atom is 0.339 e. The summed E-state index contributed by atoms with van der Waals surface area (Å²) in [4.78, 5) is 21.6. The van der Waals surface area contributed by atoms with Gasteiger partial charge in [-0.2, -0.15) is 0 Å². The molecule has 0 aliphatic heterocycles. The summed E-state index contributed by atoms with van der Waals surface area (Å²) >= 11 is 0. The Morgan fingerprint density at radius 1 is 1.33 bits per heavy atom.